The molecule has 0 aliphatic heterocycles. The van der Waals surface area contributed by atoms with Crippen molar-refractivity contribution >= 4 is 33.6 Å². The second-order valence-corrected chi connectivity index (χ2v) is 4.06. The molecule has 4 heteroatoms. The molecule has 1 N–H and O–H groups in total. The van der Waals surface area contributed by atoms with Crippen molar-refractivity contribution < 1.29 is 14.7 Å². The minimum Gasteiger partial charge on any atom is -0.478 e. The fourth-order valence-electron chi connectivity index (χ4n) is 1.91. The number of hydrogen-bond acceptors (Lipinski definition) is 2. The van der Waals surface area contributed by atoms with Gasteiger partial charge in [0.2, 0.25) is 0 Å². The number of carbonyl (C=O) groups is 2. The maximum Gasteiger partial charge on any atom is 0.335 e. The molecule has 2 rings (SSSR count). The Bertz CT molecular complexity index is 632. The van der Waals surface area contributed by atoms with Crippen LogP contribution in [0.5, 0.6) is 0 Å². The summed E-state index contributed by atoms with van der Waals surface area (Å²) in [6.45, 7) is 1.72. The van der Waals surface area contributed by atoms with Gasteiger partial charge in [-0.1, -0.05) is 18.2 Å². The van der Waals surface area contributed by atoms with E-state index in [0.717, 1.165) is 5.39 Å². The van der Waals surface area contributed by atoms with Crippen LogP contribution in [0.2, 0.25) is 0 Å². The van der Waals surface area contributed by atoms with Crippen molar-refractivity contribution in [3.05, 3.63) is 47.0 Å². The Morgan fingerprint density at radius 2 is 1.76 bits per heavy atom. The first-order chi connectivity index (χ1) is 8.02. The zero-order valence-corrected chi connectivity index (χ0v) is 9.78. The van der Waals surface area contributed by atoms with Gasteiger partial charge in [0.25, 0.3) is 5.24 Å². The molecule has 0 heterocycles. The SMILES string of the molecule is Cc1c(C(=O)O)ccc2c(C(=O)Cl)cccc12. The molecule has 0 bridgehead atoms. The molecule has 0 atom stereocenters. The maximum absolute atomic E-state index is 11.2. The monoisotopic (exact) mass is 248 g/mol. The highest BCUT2D eigenvalue weighted by Crippen LogP contribution is 2.25. The van der Waals surface area contributed by atoms with Gasteiger partial charge in [-0.25, -0.2) is 4.79 Å². The molecule has 17 heavy (non-hydrogen) atoms. The molecular formula is C13H9ClO3. The van der Waals surface area contributed by atoms with E-state index < -0.39 is 11.2 Å². The molecule has 0 radical (unpaired) electrons. The fourth-order valence-corrected chi connectivity index (χ4v) is 2.08. The number of halogens is 1. The molecule has 0 amide bonds. The van der Waals surface area contributed by atoms with E-state index in [1.807, 2.05) is 0 Å². The highest BCUT2D eigenvalue weighted by Gasteiger charge is 2.13. The van der Waals surface area contributed by atoms with Crippen molar-refractivity contribution in [2.45, 2.75) is 6.92 Å². The smallest absolute Gasteiger partial charge is 0.335 e. The van der Waals surface area contributed by atoms with E-state index in [1.165, 1.54) is 6.07 Å². The lowest BCUT2D eigenvalue weighted by molar-refractivity contribution is 0.0696. The average molecular weight is 249 g/mol. The van der Waals surface area contributed by atoms with Gasteiger partial charge in [0.1, 0.15) is 0 Å². The molecule has 3 nitrogen and oxygen atoms in total. The van der Waals surface area contributed by atoms with Gasteiger partial charge in [-0.2, -0.15) is 0 Å². The van der Waals surface area contributed by atoms with E-state index in [2.05, 4.69) is 0 Å². The first-order valence-electron chi connectivity index (χ1n) is 4.98. The third kappa shape index (κ3) is 1.89. The first kappa shape index (κ1) is 11.6. The predicted molar refractivity (Wildman–Crippen MR) is 65.8 cm³/mol. The van der Waals surface area contributed by atoms with Crippen LogP contribution >= 0.6 is 11.6 Å². The van der Waals surface area contributed by atoms with Crippen molar-refractivity contribution in [1.29, 1.82) is 0 Å². The van der Waals surface area contributed by atoms with Crippen LogP contribution < -0.4 is 0 Å². The molecule has 0 saturated heterocycles. The number of aromatic carboxylic acids is 1. The molecule has 0 unspecified atom stereocenters. The second kappa shape index (κ2) is 4.18. The number of fused-ring (bicyclic) bond motifs is 1. The van der Waals surface area contributed by atoms with Gasteiger partial charge in [0.05, 0.1) is 5.56 Å². The lowest BCUT2D eigenvalue weighted by atomic mass is 9.97. The summed E-state index contributed by atoms with van der Waals surface area (Å²) in [5.74, 6) is -0.980. The third-order valence-electron chi connectivity index (χ3n) is 2.77. The number of carbonyl (C=O) groups excluding carboxylic acids is 1. The lowest BCUT2D eigenvalue weighted by Gasteiger charge is -2.08. The number of rotatable bonds is 2. The van der Waals surface area contributed by atoms with Crippen LogP contribution in [0.3, 0.4) is 0 Å². The number of carboxylic acid groups (broad SMARTS) is 1. The van der Waals surface area contributed by atoms with E-state index in [4.69, 9.17) is 16.7 Å². The quantitative estimate of drug-likeness (QED) is 0.830. The minimum absolute atomic E-state index is 0.233. The standard InChI is InChI=1S/C13H9ClO3/c1-7-8-3-2-4-11(12(14)15)10(8)6-5-9(7)13(16)17/h2-6H,1H3,(H,16,17). The second-order valence-electron chi connectivity index (χ2n) is 3.72. The minimum atomic E-state index is -0.980. The lowest BCUT2D eigenvalue weighted by Crippen LogP contribution is -2.01. The van der Waals surface area contributed by atoms with Crippen LogP contribution in [0, 0.1) is 6.92 Å². The van der Waals surface area contributed by atoms with Gasteiger partial charge in [-0.3, -0.25) is 4.79 Å². The summed E-state index contributed by atoms with van der Waals surface area (Å²) < 4.78 is 0. The van der Waals surface area contributed by atoms with E-state index in [1.54, 1.807) is 31.2 Å². The average Bonchev–Trinajstić information content (AvgIpc) is 2.28. The Morgan fingerprint density at radius 1 is 1.06 bits per heavy atom. The van der Waals surface area contributed by atoms with Gasteiger partial charge in [0, 0.05) is 5.56 Å². The summed E-state index contributed by atoms with van der Waals surface area (Å²) in [7, 11) is 0. The summed E-state index contributed by atoms with van der Waals surface area (Å²) in [6.07, 6.45) is 0. The topological polar surface area (TPSA) is 54.4 Å². The van der Waals surface area contributed by atoms with Crippen LogP contribution in [0.15, 0.2) is 30.3 Å². The van der Waals surface area contributed by atoms with Crippen LogP contribution in [0.4, 0.5) is 0 Å². The summed E-state index contributed by atoms with van der Waals surface area (Å²) in [4.78, 5) is 22.2. The van der Waals surface area contributed by atoms with Gasteiger partial charge in [-0.15, -0.1) is 0 Å². The molecule has 86 valence electrons. The summed E-state index contributed by atoms with van der Waals surface area (Å²) >= 11 is 5.48. The normalized spacial score (nSPS) is 10.5. The Labute approximate surface area is 103 Å². The molecule has 0 aliphatic carbocycles. The van der Waals surface area contributed by atoms with Crippen LogP contribution in [0.25, 0.3) is 10.8 Å². The number of benzene rings is 2. The van der Waals surface area contributed by atoms with Gasteiger partial charge >= 0.3 is 5.97 Å². The van der Waals surface area contributed by atoms with Crippen LogP contribution in [-0.2, 0) is 0 Å². The van der Waals surface area contributed by atoms with Crippen molar-refractivity contribution in [1.82, 2.24) is 0 Å². The third-order valence-corrected chi connectivity index (χ3v) is 2.98. The van der Waals surface area contributed by atoms with Crippen molar-refractivity contribution in [3.63, 3.8) is 0 Å². The Kier molecular flexibility index (Phi) is 2.86. The largest absolute Gasteiger partial charge is 0.478 e. The van der Waals surface area contributed by atoms with E-state index >= 15 is 0 Å². The number of hydrogen-bond donors (Lipinski definition) is 1. The Hall–Kier alpha value is -1.87. The Balaban J connectivity index is 2.85. The highest BCUT2D eigenvalue weighted by atomic mass is 35.5. The number of aryl methyl sites for hydroxylation is 1. The summed E-state index contributed by atoms with van der Waals surface area (Å²) in [5, 5.41) is 9.88. The molecular weight excluding hydrogens is 240 g/mol. The fraction of sp³-hybridized carbons (Fsp3) is 0.0769. The predicted octanol–water partition coefficient (Wildman–Crippen LogP) is 3.23. The zero-order valence-electron chi connectivity index (χ0n) is 9.03. The molecule has 0 saturated carbocycles. The number of carboxylic acids is 1. The highest BCUT2D eigenvalue weighted by molar-refractivity contribution is 6.68. The molecule has 0 fully saturated rings. The zero-order chi connectivity index (χ0) is 12.6. The van der Waals surface area contributed by atoms with Crippen molar-refractivity contribution in [2.24, 2.45) is 0 Å². The molecule has 0 spiro atoms. The summed E-state index contributed by atoms with van der Waals surface area (Å²) in [6, 6.07) is 8.19. The van der Waals surface area contributed by atoms with Crippen molar-refractivity contribution in [3.8, 4) is 0 Å². The van der Waals surface area contributed by atoms with Gasteiger partial charge < -0.3 is 5.11 Å². The van der Waals surface area contributed by atoms with E-state index in [0.29, 0.717) is 16.5 Å². The maximum atomic E-state index is 11.2. The summed E-state index contributed by atoms with van der Waals surface area (Å²) in [5.41, 5.74) is 1.26. The van der Waals surface area contributed by atoms with Crippen LogP contribution in [-0.4, -0.2) is 16.3 Å². The van der Waals surface area contributed by atoms with E-state index in [9.17, 15) is 9.59 Å². The first-order valence-corrected chi connectivity index (χ1v) is 5.35. The molecule has 0 aliphatic rings. The Morgan fingerprint density at radius 3 is 2.35 bits per heavy atom. The van der Waals surface area contributed by atoms with Gasteiger partial charge in [-0.05, 0) is 47.0 Å². The molecule has 2 aromatic carbocycles. The van der Waals surface area contributed by atoms with Crippen LogP contribution in [0.1, 0.15) is 26.3 Å². The van der Waals surface area contributed by atoms with E-state index in [-0.39, 0.29) is 5.56 Å². The van der Waals surface area contributed by atoms with Crippen molar-refractivity contribution in [2.75, 3.05) is 0 Å². The molecule has 0 aromatic heterocycles. The van der Waals surface area contributed by atoms with Gasteiger partial charge in [0.15, 0.2) is 0 Å². The molecule has 2 aromatic rings.